The number of amides is 1. The zero-order valence-corrected chi connectivity index (χ0v) is 14.1. The molecule has 1 heterocycles. The number of benzene rings is 1. The summed E-state index contributed by atoms with van der Waals surface area (Å²) >= 11 is 0. The molecule has 1 fully saturated rings. The van der Waals surface area contributed by atoms with Crippen molar-refractivity contribution >= 4 is 21.7 Å². The maximum Gasteiger partial charge on any atom is 0.294 e. The van der Waals surface area contributed by atoms with Gasteiger partial charge >= 0.3 is 0 Å². The number of hydrogen-bond donors (Lipinski definition) is 2. The third kappa shape index (κ3) is 4.81. The van der Waals surface area contributed by atoms with Crippen LogP contribution in [-0.2, 0) is 14.9 Å². The third-order valence-corrected chi connectivity index (χ3v) is 4.64. The number of likely N-dealkylation sites (tertiary alicyclic amines) is 1. The Morgan fingerprint density at radius 1 is 1.42 bits per heavy atom. The molecule has 8 heteroatoms. The molecule has 0 radical (unpaired) electrons. The van der Waals surface area contributed by atoms with Crippen LogP contribution in [0.2, 0.25) is 0 Å². The van der Waals surface area contributed by atoms with E-state index in [0.29, 0.717) is 11.6 Å². The summed E-state index contributed by atoms with van der Waals surface area (Å²) in [6, 6.07) is 6.93. The first-order valence-electron chi connectivity index (χ1n) is 7.54. The number of hydrogen-bond acceptors (Lipinski definition) is 5. The summed E-state index contributed by atoms with van der Waals surface area (Å²) < 4.78 is 30.9. The zero-order chi connectivity index (χ0) is 17.7. The molecule has 0 spiro atoms. The van der Waals surface area contributed by atoms with Gasteiger partial charge in [-0.25, -0.2) is 0 Å². The fraction of sp³-hybridized carbons (Fsp3) is 0.375. The summed E-state index contributed by atoms with van der Waals surface area (Å²) in [6.45, 7) is 3.75. The molecule has 1 amide bonds. The number of nitrogens with one attached hydrogen (secondary N) is 1. The number of carbonyl (C=O) groups is 1. The van der Waals surface area contributed by atoms with Crippen LogP contribution >= 0.6 is 0 Å². The van der Waals surface area contributed by atoms with Gasteiger partial charge in [0.1, 0.15) is 11.6 Å². The van der Waals surface area contributed by atoms with E-state index in [4.69, 9.17) is 4.55 Å². The van der Waals surface area contributed by atoms with Gasteiger partial charge in [0.15, 0.2) is 0 Å². The lowest BCUT2D eigenvalue weighted by Gasteiger charge is -2.29. The first kappa shape index (κ1) is 18.0. The lowest BCUT2D eigenvalue weighted by molar-refractivity contribution is -0.112. The normalized spacial score (nSPS) is 18.8. The Bertz CT molecular complexity index is 779. The molecule has 0 aromatic heterocycles. The van der Waals surface area contributed by atoms with Gasteiger partial charge in [0, 0.05) is 25.0 Å². The molecule has 2 rings (SSSR count). The van der Waals surface area contributed by atoms with E-state index in [9.17, 15) is 18.5 Å². The van der Waals surface area contributed by atoms with Gasteiger partial charge in [-0.3, -0.25) is 9.35 Å². The molecule has 24 heavy (non-hydrogen) atoms. The number of rotatable bonds is 4. The van der Waals surface area contributed by atoms with Gasteiger partial charge in [-0.15, -0.1) is 0 Å². The van der Waals surface area contributed by atoms with Crippen molar-refractivity contribution in [3.63, 3.8) is 0 Å². The van der Waals surface area contributed by atoms with Crippen LogP contribution in [0, 0.1) is 17.2 Å². The largest absolute Gasteiger partial charge is 0.376 e. The first-order valence-corrected chi connectivity index (χ1v) is 8.98. The topological polar surface area (TPSA) is 111 Å². The van der Waals surface area contributed by atoms with Gasteiger partial charge < -0.3 is 10.2 Å². The van der Waals surface area contributed by atoms with Crippen molar-refractivity contribution in [2.75, 3.05) is 18.4 Å². The van der Waals surface area contributed by atoms with E-state index in [2.05, 4.69) is 12.2 Å². The number of anilines is 1. The Kier molecular flexibility index (Phi) is 5.59. The van der Waals surface area contributed by atoms with E-state index in [1.54, 1.807) is 6.20 Å². The SMILES string of the molecule is CC1CCCN(/C=C(/C#N)C(=O)Nc2ccc(S(=O)(=O)O)cc2)C1. The molecule has 1 aliphatic rings. The second-order valence-electron chi connectivity index (χ2n) is 5.85. The standard InChI is InChI=1S/C16H19N3O4S/c1-12-3-2-8-19(10-12)11-13(9-17)16(20)18-14-4-6-15(7-5-14)24(21,22)23/h4-7,11-12H,2-3,8,10H2,1H3,(H,18,20)(H,21,22,23)/b13-11-. The van der Waals surface area contributed by atoms with Crippen molar-refractivity contribution < 1.29 is 17.8 Å². The van der Waals surface area contributed by atoms with E-state index in [1.807, 2.05) is 11.0 Å². The predicted octanol–water partition coefficient (Wildman–Crippen LogP) is 2.01. The molecular weight excluding hydrogens is 330 g/mol. The zero-order valence-electron chi connectivity index (χ0n) is 13.3. The minimum Gasteiger partial charge on any atom is -0.376 e. The molecule has 1 unspecified atom stereocenters. The molecule has 7 nitrogen and oxygen atoms in total. The highest BCUT2D eigenvalue weighted by Crippen LogP contribution is 2.18. The van der Waals surface area contributed by atoms with E-state index in [-0.39, 0.29) is 10.5 Å². The maximum atomic E-state index is 12.2. The molecule has 0 bridgehead atoms. The van der Waals surface area contributed by atoms with Crippen molar-refractivity contribution in [3.05, 3.63) is 36.0 Å². The van der Waals surface area contributed by atoms with Crippen molar-refractivity contribution in [1.82, 2.24) is 4.90 Å². The molecule has 0 saturated carbocycles. The van der Waals surface area contributed by atoms with E-state index in [0.717, 1.165) is 25.9 Å². The highest BCUT2D eigenvalue weighted by atomic mass is 32.2. The molecule has 0 aliphatic carbocycles. The van der Waals surface area contributed by atoms with Crippen molar-refractivity contribution in [2.45, 2.75) is 24.7 Å². The molecule has 2 N–H and O–H groups in total. The summed E-state index contributed by atoms with van der Waals surface area (Å²) in [7, 11) is -4.28. The summed E-state index contributed by atoms with van der Waals surface area (Å²) in [5.41, 5.74) is 0.323. The third-order valence-electron chi connectivity index (χ3n) is 3.78. The first-order chi connectivity index (χ1) is 11.3. The molecule has 1 aromatic carbocycles. The number of carbonyl (C=O) groups excluding carboxylic acids is 1. The second-order valence-corrected chi connectivity index (χ2v) is 7.27. The van der Waals surface area contributed by atoms with Crippen LogP contribution in [0.4, 0.5) is 5.69 Å². The predicted molar refractivity (Wildman–Crippen MR) is 88.6 cm³/mol. The van der Waals surface area contributed by atoms with Crippen molar-refractivity contribution in [3.8, 4) is 6.07 Å². The summed E-state index contributed by atoms with van der Waals surface area (Å²) in [5, 5.41) is 11.7. The van der Waals surface area contributed by atoms with Crippen molar-refractivity contribution in [1.29, 1.82) is 5.26 Å². The Balaban J connectivity index is 2.08. The molecule has 1 aromatic rings. The summed E-state index contributed by atoms with van der Waals surface area (Å²) in [6.07, 6.45) is 3.73. The molecule has 128 valence electrons. The van der Waals surface area contributed by atoms with Crippen LogP contribution in [0.25, 0.3) is 0 Å². The van der Waals surface area contributed by atoms with Crippen LogP contribution in [-0.4, -0.2) is 36.9 Å². The molecule has 1 aliphatic heterocycles. The van der Waals surface area contributed by atoms with Gasteiger partial charge in [0.25, 0.3) is 16.0 Å². The average Bonchev–Trinajstić information content (AvgIpc) is 2.52. The van der Waals surface area contributed by atoms with Gasteiger partial charge in [-0.1, -0.05) is 6.92 Å². The Morgan fingerprint density at radius 2 is 2.08 bits per heavy atom. The highest BCUT2D eigenvalue weighted by molar-refractivity contribution is 7.85. The monoisotopic (exact) mass is 349 g/mol. The molecule has 1 atom stereocenters. The Morgan fingerprint density at radius 3 is 2.62 bits per heavy atom. The van der Waals surface area contributed by atoms with E-state index in [1.165, 1.54) is 24.3 Å². The Labute approximate surface area is 141 Å². The summed E-state index contributed by atoms with van der Waals surface area (Å²) in [4.78, 5) is 13.9. The second kappa shape index (κ2) is 7.47. The van der Waals surface area contributed by atoms with Crippen molar-refractivity contribution in [2.24, 2.45) is 5.92 Å². The minimum absolute atomic E-state index is 0.0112. The maximum absolute atomic E-state index is 12.2. The fourth-order valence-electron chi connectivity index (χ4n) is 2.57. The molecular formula is C16H19N3O4S. The van der Waals surface area contributed by atoms with Crippen LogP contribution < -0.4 is 5.32 Å². The smallest absolute Gasteiger partial charge is 0.294 e. The fourth-order valence-corrected chi connectivity index (χ4v) is 3.05. The summed E-state index contributed by atoms with van der Waals surface area (Å²) in [5.74, 6) is -0.0405. The highest BCUT2D eigenvalue weighted by Gasteiger charge is 2.17. The van der Waals surface area contributed by atoms with Gasteiger partial charge in [-0.2, -0.15) is 13.7 Å². The Hall–Kier alpha value is -2.37. The van der Waals surface area contributed by atoms with Crippen LogP contribution in [0.3, 0.4) is 0 Å². The molecule has 1 saturated heterocycles. The van der Waals surface area contributed by atoms with Gasteiger partial charge in [0.2, 0.25) is 0 Å². The quantitative estimate of drug-likeness (QED) is 0.489. The lowest BCUT2D eigenvalue weighted by Crippen LogP contribution is -2.31. The minimum atomic E-state index is -4.28. The van der Waals surface area contributed by atoms with E-state index >= 15 is 0 Å². The van der Waals surface area contributed by atoms with Crippen LogP contribution in [0.1, 0.15) is 19.8 Å². The van der Waals surface area contributed by atoms with Gasteiger partial charge in [0.05, 0.1) is 4.90 Å². The number of nitriles is 1. The van der Waals surface area contributed by atoms with Gasteiger partial charge in [-0.05, 0) is 43.0 Å². The average molecular weight is 349 g/mol. The van der Waals surface area contributed by atoms with Crippen LogP contribution in [0.5, 0.6) is 0 Å². The van der Waals surface area contributed by atoms with E-state index < -0.39 is 16.0 Å². The van der Waals surface area contributed by atoms with Crippen LogP contribution in [0.15, 0.2) is 40.9 Å². The lowest BCUT2D eigenvalue weighted by atomic mass is 10.0. The number of piperidine rings is 1. The number of nitrogens with zero attached hydrogens (tertiary/aromatic N) is 2.